The van der Waals surface area contributed by atoms with Crippen LogP contribution >= 0.6 is 11.6 Å². The van der Waals surface area contributed by atoms with Crippen molar-refractivity contribution in [2.24, 2.45) is 7.05 Å². The first-order chi connectivity index (χ1) is 17.4. The summed E-state index contributed by atoms with van der Waals surface area (Å²) in [7, 11) is 1.70. The number of carbonyl (C=O) groups excluding carboxylic acids is 2. The summed E-state index contributed by atoms with van der Waals surface area (Å²) in [5.74, 6) is -0.694. The molecule has 2 amide bonds. The third-order valence-electron chi connectivity index (χ3n) is 5.92. The first-order valence-corrected chi connectivity index (χ1v) is 12.1. The first kappa shape index (κ1) is 26.4. The molecule has 1 aliphatic rings. The number of aromatic nitrogens is 4. The average molecular weight is 529 g/mol. The van der Waals surface area contributed by atoms with Gasteiger partial charge < -0.3 is 20.1 Å². The molecular weight excluding hydrogens is 500 g/mol. The molecule has 0 saturated carbocycles. The van der Waals surface area contributed by atoms with E-state index in [9.17, 15) is 19.5 Å². The molecular formula is C25H29ClN6O5. The number of carbonyl (C=O) groups is 2. The van der Waals surface area contributed by atoms with Crippen LogP contribution in [-0.4, -0.2) is 72.4 Å². The third kappa shape index (κ3) is 5.83. The Kier molecular flexibility index (Phi) is 7.11. The zero-order chi connectivity index (χ0) is 27.0. The number of halogens is 1. The van der Waals surface area contributed by atoms with Crippen LogP contribution in [0, 0.1) is 0 Å². The van der Waals surface area contributed by atoms with Crippen molar-refractivity contribution in [3.8, 4) is 16.9 Å². The summed E-state index contributed by atoms with van der Waals surface area (Å²) in [6, 6.07) is 8.23. The van der Waals surface area contributed by atoms with Crippen LogP contribution in [0.4, 0.5) is 4.79 Å². The van der Waals surface area contributed by atoms with Gasteiger partial charge in [0.05, 0.1) is 30.2 Å². The number of aliphatic hydroxyl groups excluding tert-OH is 1. The number of nitrogens with zero attached hydrogens (tertiary/aromatic N) is 5. The van der Waals surface area contributed by atoms with E-state index in [0.29, 0.717) is 28.4 Å². The second-order valence-corrected chi connectivity index (χ2v) is 10.5. The highest BCUT2D eigenvalue weighted by molar-refractivity contribution is 6.30. The summed E-state index contributed by atoms with van der Waals surface area (Å²) < 4.78 is 8.05. The zero-order valence-corrected chi connectivity index (χ0v) is 21.8. The van der Waals surface area contributed by atoms with Crippen molar-refractivity contribution in [2.75, 3.05) is 19.7 Å². The van der Waals surface area contributed by atoms with Crippen molar-refractivity contribution < 1.29 is 19.4 Å². The van der Waals surface area contributed by atoms with Crippen molar-refractivity contribution >= 4 is 23.6 Å². The van der Waals surface area contributed by atoms with E-state index in [1.54, 1.807) is 58.3 Å². The molecule has 11 nitrogen and oxygen atoms in total. The lowest BCUT2D eigenvalue weighted by atomic mass is 9.99. The van der Waals surface area contributed by atoms with Gasteiger partial charge in [0.25, 0.3) is 11.5 Å². The minimum atomic E-state index is -1.14. The fourth-order valence-electron chi connectivity index (χ4n) is 4.05. The first-order valence-electron chi connectivity index (χ1n) is 11.7. The van der Waals surface area contributed by atoms with Gasteiger partial charge in [0.1, 0.15) is 16.9 Å². The largest absolute Gasteiger partial charge is 0.444 e. The molecule has 0 bridgehead atoms. The number of rotatable bonds is 5. The van der Waals surface area contributed by atoms with Crippen molar-refractivity contribution in [2.45, 2.75) is 38.3 Å². The number of ether oxygens (including phenoxy) is 1. The second-order valence-electron chi connectivity index (χ2n) is 10.1. The summed E-state index contributed by atoms with van der Waals surface area (Å²) in [4.78, 5) is 40.8. The van der Waals surface area contributed by atoms with E-state index in [1.165, 1.54) is 21.8 Å². The molecule has 1 aliphatic heterocycles. The van der Waals surface area contributed by atoms with Crippen LogP contribution in [-0.2, 0) is 11.8 Å². The molecule has 1 atom stereocenters. The summed E-state index contributed by atoms with van der Waals surface area (Å²) >= 11 is 6.02. The molecule has 0 aliphatic carbocycles. The quantitative estimate of drug-likeness (QED) is 0.519. The number of hydrogen-bond donors (Lipinski definition) is 2. The molecule has 3 heterocycles. The van der Waals surface area contributed by atoms with Crippen LogP contribution in [0.5, 0.6) is 0 Å². The SMILES string of the molecule is Cn1cc(-n2nc(-c3ccc(Cl)cc3)cc(C(=O)NC3(CO)CCN(C(=O)OC(C)(C)C)C3)c2=O)cn1. The molecule has 1 saturated heterocycles. The van der Waals surface area contributed by atoms with Crippen LogP contribution in [0.1, 0.15) is 37.6 Å². The predicted octanol–water partition coefficient (Wildman–Crippen LogP) is 2.39. The summed E-state index contributed by atoms with van der Waals surface area (Å²) in [5.41, 5.74) is -1.26. The van der Waals surface area contributed by atoms with E-state index < -0.39 is 35.3 Å². The molecule has 4 rings (SSSR count). The van der Waals surface area contributed by atoms with Crippen molar-refractivity contribution in [1.82, 2.24) is 29.8 Å². The highest BCUT2D eigenvalue weighted by Gasteiger charge is 2.42. The van der Waals surface area contributed by atoms with E-state index in [1.807, 2.05) is 0 Å². The lowest BCUT2D eigenvalue weighted by Gasteiger charge is -2.29. The molecule has 1 aromatic carbocycles. The van der Waals surface area contributed by atoms with Gasteiger partial charge in [-0.2, -0.15) is 14.9 Å². The highest BCUT2D eigenvalue weighted by atomic mass is 35.5. The molecule has 1 fully saturated rings. The number of aryl methyl sites for hydroxylation is 1. The monoisotopic (exact) mass is 528 g/mol. The van der Waals surface area contributed by atoms with Crippen molar-refractivity contribution in [3.63, 3.8) is 0 Å². The number of nitrogens with one attached hydrogen (secondary N) is 1. The highest BCUT2D eigenvalue weighted by Crippen LogP contribution is 2.25. The van der Waals surface area contributed by atoms with Gasteiger partial charge in [-0.05, 0) is 45.4 Å². The maximum absolute atomic E-state index is 13.5. The van der Waals surface area contributed by atoms with Crippen LogP contribution in [0.2, 0.25) is 5.02 Å². The Morgan fingerprint density at radius 3 is 2.54 bits per heavy atom. The number of likely N-dealkylation sites (tertiary alicyclic amines) is 1. The number of hydrogen-bond acceptors (Lipinski definition) is 7. The molecule has 3 aromatic rings. The molecule has 0 spiro atoms. The lowest BCUT2D eigenvalue weighted by Crippen LogP contribution is -2.54. The third-order valence-corrected chi connectivity index (χ3v) is 6.17. The molecule has 37 heavy (non-hydrogen) atoms. The van der Waals surface area contributed by atoms with Gasteiger partial charge >= 0.3 is 6.09 Å². The smallest absolute Gasteiger partial charge is 0.410 e. The van der Waals surface area contributed by atoms with E-state index in [0.717, 1.165) is 4.68 Å². The molecule has 196 valence electrons. The Hall–Kier alpha value is -3.70. The standard InChI is InChI=1S/C25H29ClN6O5/c1-24(2,3)37-23(36)31-10-9-25(14-31,15-33)28-21(34)19-11-20(16-5-7-17(26)8-6-16)29-32(22(19)35)18-12-27-30(4)13-18/h5-8,11-13,33H,9-10,14-15H2,1-4H3,(H,28,34). The Labute approximate surface area is 218 Å². The van der Waals surface area contributed by atoms with Gasteiger partial charge in [0.2, 0.25) is 0 Å². The van der Waals surface area contributed by atoms with Crippen molar-refractivity contribution in [1.29, 1.82) is 0 Å². The van der Waals surface area contributed by atoms with E-state index >= 15 is 0 Å². The van der Waals surface area contributed by atoms with Crippen LogP contribution in [0.25, 0.3) is 16.9 Å². The molecule has 2 aromatic heterocycles. The second kappa shape index (κ2) is 9.98. The number of benzene rings is 1. The minimum Gasteiger partial charge on any atom is -0.444 e. The van der Waals surface area contributed by atoms with Gasteiger partial charge in [0.15, 0.2) is 0 Å². The van der Waals surface area contributed by atoms with Crippen molar-refractivity contribution in [3.05, 3.63) is 63.7 Å². The summed E-state index contributed by atoms with van der Waals surface area (Å²) in [6.45, 7) is 5.17. The van der Waals surface area contributed by atoms with E-state index in [-0.39, 0.29) is 18.7 Å². The lowest BCUT2D eigenvalue weighted by molar-refractivity contribution is 0.0268. The Morgan fingerprint density at radius 2 is 1.95 bits per heavy atom. The minimum absolute atomic E-state index is 0.0378. The molecule has 0 radical (unpaired) electrons. The summed E-state index contributed by atoms with van der Waals surface area (Å²) in [6.07, 6.45) is 2.82. The van der Waals surface area contributed by atoms with Crippen LogP contribution < -0.4 is 10.9 Å². The fourth-order valence-corrected chi connectivity index (χ4v) is 4.17. The summed E-state index contributed by atoms with van der Waals surface area (Å²) in [5, 5.41) is 22.1. The van der Waals surface area contributed by atoms with Crippen LogP contribution in [0.3, 0.4) is 0 Å². The Balaban J connectivity index is 1.68. The molecule has 2 N–H and O–H groups in total. The van der Waals surface area contributed by atoms with Gasteiger partial charge in [-0.25, -0.2) is 4.79 Å². The topological polar surface area (TPSA) is 132 Å². The fraction of sp³-hybridized carbons (Fsp3) is 0.400. The Bertz CT molecular complexity index is 1380. The van der Waals surface area contributed by atoms with E-state index in [4.69, 9.17) is 16.3 Å². The van der Waals surface area contributed by atoms with Gasteiger partial charge in [0, 0.05) is 30.7 Å². The molecule has 1 unspecified atom stereocenters. The Morgan fingerprint density at radius 1 is 1.24 bits per heavy atom. The zero-order valence-electron chi connectivity index (χ0n) is 21.1. The van der Waals surface area contributed by atoms with Crippen LogP contribution in [0.15, 0.2) is 47.5 Å². The maximum Gasteiger partial charge on any atom is 0.410 e. The van der Waals surface area contributed by atoms with Gasteiger partial charge in [-0.15, -0.1) is 0 Å². The average Bonchev–Trinajstić information content (AvgIpc) is 3.46. The van der Waals surface area contributed by atoms with E-state index in [2.05, 4.69) is 15.5 Å². The normalized spacial score (nSPS) is 17.6. The molecule has 12 heteroatoms. The predicted molar refractivity (Wildman–Crippen MR) is 137 cm³/mol. The maximum atomic E-state index is 13.5. The number of aliphatic hydroxyl groups is 1. The van der Waals surface area contributed by atoms with Gasteiger partial charge in [-0.3, -0.25) is 14.3 Å². The number of amides is 2. The van der Waals surface area contributed by atoms with Gasteiger partial charge in [-0.1, -0.05) is 23.7 Å².